The molecule has 0 aliphatic rings. The highest BCUT2D eigenvalue weighted by Crippen LogP contribution is 2.08. The lowest BCUT2D eigenvalue weighted by molar-refractivity contribution is 1.04. The minimum absolute atomic E-state index is 0.875. The topological polar surface area (TPSA) is 41.6 Å². The lowest BCUT2D eigenvalue weighted by Crippen LogP contribution is -1.93. The molecule has 0 fully saturated rings. The Labute approximate surface area is 76.9 Å². The fourth-order valence-electron chi connectivity index (χ4n) is 1.29. The first kappa shape index (κ1) is 7.98. The number of rotatable bonds is 2. The highest BCUT2D eigenvalue weighted by Gasteiger charge is 2.00. The Morgan fingerprint density at radius 3 is 3.08 bits per heavy atom. The number of imidazole rings is 1. The van der Waals surface area contributed by atoms with E-state index in [-0.39, 0.29) is 0 Å². The van der Waals surface area contributed by atoms with Gasteiger partial charge in [0.2, 0.25) is 0 Å². The second kappa shape index (κ2) is 3.39. The Morgan fingerprint density at radius 2 is 2.38 bits per heavy atom. The Hall–Kier alpha value is -1.64. The van der Waals surface area contributed by atoms with Crippen LogP contribution in [0.15, 0.2) is 30.9 Å². The van der Waals surface area contributed by atoms with E-state index < -0.39 is 0 Å². The number of hydrogen-bond acceptors (Lipinski definition) is 2. The van der Waals surface area contributed by atoms with E-state index in [1.54, 1.807) is 6.33 Å². The van der Waals surface area contributed by atoms with E-state index in [1.165, 1.54) is 5.56 Å². The molecular formula is C10H11N3. The van der Waals surface area contributed by atoms with Crippen LogP contribution in [0.3, 0.4) is 0 Å². The summed E-state index contributed by atoms with van der Waals surface area (Å²) in [7, 11) is 0. The molecule has 13 heavy (non-hydrogen) atoms. The van der Waals surface area contributed by atoms with Crippen LogP contribution in [-0.4, -0.2) is 15.0 Å². The Morgan fingerprint density at radius 1 is 1.46 bits per heavy atom. The van der Waals surface area contributed by atoms with Crippen molar-refractivity contribution >= 4 is 0 Å². The number of H-pyrrole nitrogens is 1. The molecule has 0 atom stereocenters. The van der Waals surface area contributed by atoms with Crippen LogP contribution in [0.2, 0.25) is 0 Å². The first-order valence-electron chi connectivity index (χ1n) is 4.24. The highest BCUT2D eigenvalue weighted by atomic mass is 14.9. The predicted molar refractivity (Wildman–Crippen MR) is 50.4 cm³/mol. The molecule has 3 nitrogen and oxygen atoms in total. The van der Waals surface area contributed by atoms with Crippen LogP contribution in [0.5, 0.6) is 0 Å². The van der Waals surface area contributed by atoms with Crippen molar-refractivity contribution < 1.29 is 0 Å². The van der Waals surface area contributed by atoms with Gasteiger partial charge in [-0.05, 0) is 18.6 Å². The average Bonchev–Trinajstić information content (AvgIpc) is 2.61. The summed E-state index contributed by atoms with van der Waals surface area (Å²) in [5.41, 5.74) is 3.44. The van der Waals surface area contributed by atoms with Gasteiger partial charge in [0.25, 0.3) is 0 Å². The van der Waals surface area contributed by atoms with Crippen molar-refractivity contribution in [1.29, 1.82) is 0 Å². The zero-order chi connectivity index (χ0) is 9.10. The van der Waals surface area contributed by atoms with Crippen LogP contribution < -0.4 is 0 Å². The second-order valence-corrected chi connectivity index (χ2v) is 3.00. The zero-order valence-corrected chi connectivity index (χ0v) is 7.49. The lowest BCUT2D eigenvalue weighted by atomic mass is 10.1. The summed E-state index contributed by atoms with van der Waals surface area (Å²) >= 11 is 0. The van der Waals surface area contributed by atoms with Crippen molar-refractivity contribution in [3.63, 3.8) is 0 Å². The summed E-state index contributed by atoms with van der Waals surface area (Å²) in [6, 6.07) is 4.04. The third kappa shape index (κ3) is 1.75. The van der Waals surface area contributed by atoms with Gasteiger partial charge in [-0.3, -0.25) is 4.98 Å². The fourth-order valence-corrected chi connectivity index (χ4v) is 1.29. The van der Waals surface area contributed by atoms with Crippen LogP contribution in [0.25, 0.3) is 0 Å². The maximum atomic E-state index is 4.23. The van der Waals surface area contributed by atoms with Gasteiger partial charge in [-0.2, -0.15) is 0 Å². The third-order valence-corrected chi connectivity index (χ3v) is 2.05. The van der Waals surface area contributed by atoms with Crippen LogP contribution in [0, 0.1) is 6.92 Å². The predicted octanol–water partition coefficient (Wildman–Crippen LogP) is 1.70. The Bertz CT molecular complexity index is 379. The lowest BCUT2D eigenvalue weighted by Gasteiger charge is -2.01. The number of aromatic nitrogens is 3. The van der Waals surface area contributed by atoms with E-state index >= 15 is 0 Å². The van der Waals surface area contributed by atoms with Crippen LogP contribution >= 0.6 is 0 Å². The molecule has 0 amide bonds. The number of nitrogens with one attached hydrogen (secondary N) is 1. The summed E-state index contributed by atoms with van der Waals surface area (Å²) in [5.74, 6) is 0. The highest BCUT2D eigenvalue weighted by molar-refractivity contribution is 5.23. The molecule has 66 valence electrons. The van der Waals surface area contributed by atoms with Crippen LogP contribution in [0.1, 0.15) is 17.0 Å². The van der Waals surface area contributed by atoms with Gasteiger partial charge in [0.15, 0.2) is 0 Å². The van der Waals surface area contributed by atoms with E-state index in [9.17, 15) is 0 Å². The molecule has 3 heteroatoms. The second-order valence-electron chi connectivity index (χ2n) is 3.00. The molecular weight excluding hydrogens is 162 g/mol. The molecule has 0 aliphatic heterocycles. The Kier molecular flexibility index (Phi) is 2.08. The van der Waals surface area contributed by atoms with Gasteiger partial charge in [-0.15, -0.1) is 0 Å². The molecule has 2 aromatic heterocycles. The van der Waals surface area contributed by atoms with Crippen molar-refractivity contribution in [2.24, 2.45) is 0 Å². The first-order chi connectivity index (χ1) is 6.36. The molecule has 0 aromatic carbocycles. The number of pyridine rings is 1. The number of aromatic amines is 1. The van der Waals surface area contributed by atoms with Crippen LogP contribution in [0.4, 0.5) is 0 Å². The maximum absolute atomic E-state index is 4.23. The van der Waals surface area contributed by atoms with Gasteiger partial charge in [0, 0.05) is 30.2 Å². The third-order valence-electron chi connectivity index (χ3n) is 2.05. The van der Waals surface area contributed by atoms with E-state index in [2.05, 4.69) is 21.0 Å². The van der Waals surface area contributed by atoms with Crippen molar-refractivity contribution in [2.75, 3.05) is 0 Å². The molecule has 2 rings (SSSR count). The van der Waals surface area contributed by atoms with Gasteiger partial charge in [-0.25, -0.2) is 4.98 Å². The minimum atomic E-state index is 0.875. The normalized spacial score (nSPS) is 10.2. The van der Waals surface area contributed by atoms with Gasteiger partial charge in [0.1, 0.15) is 0 Å². The summed E-state index contributed by atoms with van der Waals surface area (Å²) in [6.07, 6.45) is 6.22. The quantitative estimate of drug-likeness (QED) is 0.751. The number of nitrogens with zero attached hydrogens (tertiary/aromatic N) is 2. The van der Waals surface area contributed by atoms with E-state index in [0.29, 0.717) is 0 Å². The van der Waals surface area contributed by atoms with Crippen molar-refractivity contribution in [3.05, 3.63) is 47.8 Å². The molecule has 0 aliphatic carbocycles. The van der Waals surface area contributed by atoms with E-state index in [1.807, 2.05) is 25.4 Å². The summed E-state index contributed by atoms with van der Waals surface area (Å²) in [4.78, 5) is 11.3. The molecule has 0 saturated carbocycles. The molecule has 0 unspecified atom stereocenters. The van der Waals surface area contributed by atoms with E-state index in [0.717, 1.165) is 17.8 Å². The SMILES string of the molecule is Cc1ncccc1Cc1cnc[nH]1. The zero-order valence-electron chi connectivity index (χ0n) is 7.49. The smallest absolute Gasteiger partial charge is 0.0921 e. The van der Waals surface area contributed by atoms with Gasteiger partial charge < -0.3 is 4.98 Å². The largest absolute Gasteiger partial charge is 0.348 e. The molecule has 2 heterocycles. The van der Waals surface area contributed by atoms with Crippen molar-refractivity contribution in [3.8, 4) is 0 Å². The Balaban J connectivity index is 2.24. The first-order valence-corrected chi connectivity index (χ1v) is 4.24. The molecule has 2 aromatic rings. The number of aryl methyl sites for hydroxylation is 1. The molecule has 0 bridgehead atoms. The average molecular weight is 173 g/mol. The standard InChI is InChI=1S/C10H11N3/c1-8-9(3-2-4-12-8)5-10-6-11-7-13-10/h2-4,6-7H,5H2,1H3,(H,11,13). The summed E-state index contributed by atoms with van der Waals surface area (Å²) in [5, 5.41) is 0. The van der Waals surface area contributed by atoms with Crippen LogP contribution in [-0.2, 0) is 6.42 Å². The summed E-state index contributed by atoms with van der Waals surface area (Å²) in [6.45, 7) is 2.02. The van der Waals surface area contributed by atoms with Gasteiger partial charge >= 0.3 is 0 Å². The molecule has 0 saturated heterocycles. The molecule has 0 radical (unpaired) electrons. The minimum Gasteiger partial charge on any atom is -0.348 e. The summed E-state index contributed by atoms with van der Waals surface area (Å²) < 4.78 is 0. The van der Waals surface area contributed by atoms with Crippen molar-refractivity contribution in [1.82, 2.24) is 15.0 Å². The monoisotopic (exact) mass is 173 g/mol. The number of hydrogen-bond donors (Lipinski definition) is 1. The molecule has 0 spiro atoms. The molecule has 1 N–H and O–H groups in total. The van der Waals surface area contributed by atoms with Gasteiger partial charge in [-0.1, -0.05) is 6.07 Å². The fraction of sp³-hybridized carbons (Fsp3) is 0.200. The maximum Gasteiger partial charge on any atom is 0.0921 e. The van der Waals surface area contributed by atoms with Gasteiger partial charge in [0.05, 0.1) is 6.33 Å². The van der Waals surface area contributed by atoms with E-state index in [4.69, 9.17) is 0 Å². The van der Waals surface area contributed by atoms with Crippen molar-refractivity contribution in [2.45, 2.75) is 13.3 Å².